The molecule has 0 unspecified atom stereocenters. The Bertz CT molecular complexity index is 416. The minimum atomic E-state index is -0.260. The van der Waals surface area contributed by atoms with Crippen molar-refractivity contribution < 1.29 is 9.90 Å². The van der Waals surface area contributed by atoms with E-state index in [2.05, 4.69) is 5.32 Å². The Kier molecular flexibility index (Phi) is 3.89. The van der Waals surface area contributed by atoms with Gasteiger partial charge in [0.25, 0.3) is 5.91 Å². The third-order valence-electron chi connectivity index (χ3n) is 3.27. The molecule has 92 valence electrons. The zero-order valence-electron chi connectivity index (χ0n) is 9.58. The van der Waals surface area contributed by atoms with Gasteiger partial charge in [0.05, 0.1) is 5.56 Å². The van der Waals surface area contributed by atoms with Crippen molar-refractivity contribution in [1.29, 1.82) is 0 Å². The number of carbonyl (C=O) groups is 1. The molecule has 0 atom stereocenters. The lowest BCUT2D eigenvalue weighted by atomic mass is 9.83. The number of carbonyl (C=O) groups excluding carboxylic acids is 1. The molecule has 1 amide bonds. The summed E-state index contributed by atoms with van der Waals surface area (Å²) in [5.41, 5.74) is 0.242. The summed E-state index contributed by atoms with van der Waals surface area (Å²) in [6, 6.07) is 4.47. The van der Waals surface area contributed by atoms with Crippen LogP contribution in [-0.2, 0) is 0 Å². The van der Waals surface area contributed by atoms with Gasteiger partial charge in [-0.05, 0) is 30.5 Å². The normalized spacial score (nSPS) is 15.4. The quantitative estimate of drug-likeness (QED) is 0.867. The number of aromatic hydroxyl groups is 1. The highest BCUT2D eigenvalue weighted by Gasteiger charge is 2.17. The fourth-order valence-electron chi connectivity index (χ4n) is 1.96. The van der Waals surface area contributed by atoms with Gasteiger partial charge in [0.2, 0.25) is 0 Å². The van der Waals surface area contributed by atoms with E-state index in [1.807, 2.05) is 0 Å². The number of phenols is 1. The second-order valence-corrected chi connectivity index (χ2v) is 4.94. The Hall–Kier alpha value is -1.22. The van der Waals surface area contributed by atoms with Gasteiger partial charge in [0.1, 0.15) is 5.75 Å². The van der Waals surface area contributed by atoms with Crippen molar-refractivity contribution in [1.82, 2.24) is 5.32 Å². The number of nitrogens with one attached hydrogen (secondary N) is 1. The first-order valence-corrected chi connectivity index (χ1v) is 6.31. The summed E-state index contributed by atoms with van der Waals surface area (Å²) in [4.78, 5) is 11.8. The smallest absolute Gasteiger partial charge is 0.255 e. The van der Waals surface area contributed by atoms with Crippen LogP contribution in [0.3, 0.4) is 0 Å². The highest BCUT2D eigenvalue weighted by atomic mass is 35.5. The summed E-state index contributed by atoms with van der Waals surface area (Å²) >= 11 is 5.79. The van der Waals surface area contributed by atoms with Crippen molar-refractivity contribution >= 4 is 17.5 Å². The van der Waals surface area contributed by atoms with Gasteiger partial charge >= 0.3 is 0 Å². The van der Waals surface area contributed by atoms with Gasteiger partial charge in [-0.3, -0.25) is 4.79 Å². The minimum Gasteiger partial charge on any atom is -0.507 e. The van der Waals surface area contributed by atoms with E-state index in [1.165, 1.54) is 31.4 Å². The molecule has 1 aliphatic rings. The molecular formula is C13H16ClNO2. The van der Waals surface area contributed by atoms with Gasteiger partial charge in [-0.2, -0.15) is 0 Å². The number of halogens is 1. The molecule has 0 bridgehead atoms. The van der Waals surface area contributed by atoms with E-state index < -0.39 is 0 Å². The molecule has 1 aromatic rings. The van der Waals surface area contributed by atoms with Crippen molar-refractivity contribution in [3.8, 4) is 5.75 Å². The molecule has 0 radical (unpaired) electrons. The van der Waals surface area contributed by atoms with E-state index in [9.17, 15) is 9.90 Å². The Labute approximate surface area is 106 Å². The number of amides is 1. The summed E-state index contributed by atoms with van der Waals surface area (Å²) in [6.45, 7) is 0.662. The van der Waals surface area contributed by atoms with E-state index in [-0.39, 0.29) is 17.2 Å². The van der Waals surface area contributed by atoms with Gasteiger partial charge in [-0.1, -0.05) is 30.9 Å². The summed E-state index contributed by atoms with van der Waals surface area (Å²) in [5, 5.41) is 12.8. The molecular weight excluding hydrogens is 238 g/mol. The second kappa shape index (κ2) is 5.41. The average molecular weight is 254 g/mol. The Morgan fingerprint density at radius 1 is 1.47 bits per heavy atom. The molecule has 0 aliphatic heterocycles. The first-order valence-electron chi connectivity index (χ1n) is 5.93. The van der Waals surface area contributed by atoms with E-state index in [1.54, 1.807) is 6.07 Å². The standard InChI is InChI=1S/C13H16ClNO2/c14-10-4-5-12(16)11(8-10)13(17)15-7-6-9-2-1-3-9/h4-5,8-9,16H,1-3,6-7H2,(H,15,17). The lowest BCUT2D eigenvalue weighted by Gasteiger charge is -2.25. The number of hydrogen-bond donors (Lipinski definition) is 2. The summed E-state index contributed by atoms with van der Waals surface area (Å²) in [7, 11) is 0. The lowest BCUT2D eigenvalue weighted by Crippen LogP contribution is -2.27. The average Bonchev–Trinajstić information content (AvgIpc) is 2.25. The van der Waals surface area contributed by atoms with Crippen LogP contribution in [0.15, 0.2) is 18.2 Å². The summed E-state index contributed by atoms with van der Waals surface area (Å²) in [5.74, 6) is 0.475. The molecule has 2 N–H and O–H groups in total. The van der Waals surface area contributed by atoms with Crippen molar-refractivity contribution in [2.45, 2.75) is 25.7 Å². The number of hydrogen-bond acceptors (Lipinski definition) is 2. The Morgan fingerprint density at radius 2 is 2.24 bits per heavy atom. The third kappa shape index (κ3) is 3.13. The minimum absolute atomic E-state index is 0.0319. The molecule has 1 fully saturated rings. The largest absolute Gasteiger partial charge is 0.507 e. The molecule has 1 aliphatic carbocycles. The Balaban J connectivity index is 1.87. The Morgan fingerprint density at radius 3 is 2.88 bits per heavy atom. The van der Waals surface area contributed by atoms with Crippen LogP contribution in [0.25, 0.3) is 0 Å². The third-order valence-corrected chi connectivity index (χ3v) is 3.50. The van der Waals surface area contributed by atoms with Crippen LogP contribution in [0, 0.1) is 5.92 Å². The van der Waals surface area contributed by atoms with E-state index >= 15 is 0 Å². The summed E-state index contributed by atoms with van der Waals surface area (Å²) < 4.78 is 0. The summed E-state index contributed by atoms with van der Waals surface area (Å²) in [6.07, 6.45) is 4.89. The predicted octanol–water partition coefficient (Wildman–Crippen LogP) is 2.97. The molecule has 0 aromatic heterocycles. The van der Waals surface area contributed by atoms with Gasteiger partial charge in [0.15, 0.2) is 0 Å². The van der Waals surface area contributed by atoms with Crippen LogP contribution in [0.2, 0.25) is 5.02 Å². The molecule has 1 saturated carbocycles. The van der Waals surface area contributed by atoms with Crippen molar-refractivity contribution in [3.05, 3.63) is 28.8 Å². The monoisotopic (exact) mass is 253 g/mol. The number of benzene rings is 1. The molecule has 1 aromatic carbocycles. The molecule has 4 heteroatoms. The molecule has 0 spiro atoms. The number of rotatable bonds is 4. The van der Waals surface area contributed by atoms with Crippen LogP contribution in [0.1, 0.15) is 36.0 Å². The van der Waals surface area contributed by atoms with Crippen LogP contribution in [0.5, 0.6) is 5.75 Å². The lowest BCUT2D eigenvalue weighted by molar-refractivity contribution is 0.0946. The number of phenolic OH excluding ortho intramolecular Hbond substituents is 1. The highest BCUT2D eigenvalue weighted by molar-refractivity contribution is 6.31. The van der Waals surface area contributed by atoms with Gasteiger partial charge in [-0.25, -0.2) is 0 Å². The van der Waals surface area contributed by atoms with Crippen LogP contribution >= 0.6 is 11.6 Å². The highest BCUT2D eigenvalue weighted by Crippen LogP contribution is 2.28. The van der Waals surface area contributed by atoms with E-state index in [4.69, 9.17) is 11.6 Å². The van der Waals surface area contributed by atoms with E-state index in [0.717, 1.165) is 12.3 Å². The fraction of sp³-hybridized carbons (Fsp3) is 0.462. The zero-order valence-corrected chi connectivity index (χ0v) is 10.3. The maximum absolute atomic E-state index is 11.8. The van der Waals surface area contributed by atoms with Crippen LogP contribution < -0.4 is 5.32 Å². The second-order valence-electron chi connectivity index (χ2n) is 4.50. The van der Waals surface area contributed by atoms with Crippen molar-refractivity contribution in [2.75, 3.05) is 6.54 Å². The fourth-order valence-corrected chi connectivity index (χ4v) is 2.13. The predicted molar refractivity (Wildman–Crippen MR) is 67.4 cm³/mol. The maximum atomic E-state index is 11.8. The molecule has 3 nitrogen and oxygen atoms in total. The SMILES string of the molecule is O=C(NCCC1CCC1)c1cc(Cl)ccc1O. The van der Waals surface area contributed by atoms with Crippen molar-refractivity contribution in [2.24, 2.45) is 5.92 Å². The zero-order chi connectivity index (χ0) is 12.3. The van der Waals surface area contributed by atoms with Gasteiger partial charge in [0, 0.05) is 11.6 Å². The van der Waals surface area contributed by atoms with Gasteiger partial charge < -0.3 is 10.4 Å². The van der Waals surface area contributed by atoms with E-state index in [0.29, 0.717) is 11.6 Å². The molecule has 0 heterocycles. The topological polar surface area (TPSA) is 49.3 Å². The van der Waals surface area contributed by atoms with Crippen molar-refractivity contribution in [3.63, 3.8) is 0 Å². The van der Waals surface area contributed by atoms with Crippen LogP contribution in [0.4, 0.5) is 0 Å². The van der Waals surface area contributed by atoms with Crippen LogP contribution in [-0.4, -0.2) is 17.6 Å². The van der Waals surface area contributed by atoms with Gasteiger partial charge in [-0.15, -0.1) is 0 Å². The first kappa shape index (κ1) is 12.2. The maximum Gasteiger partial charge on any atom is 0.255 e. The first-order chi connectivity index (χ1) is 8.16. The molecule has 2 rings (SSSR count). The molecule has 17 heavy (non-hydrogen) atoms. The molecule has 0 saturated heterocycles.